The van der Waals surface area contributed by atoms with Gasteiger partial charge in [-0.3, -0.25) is 0 Å². The number of hydrogen-bond donors (Lipinski definition) is 0. The number of rotatable bonds is 1. The van der Waals surface area contributed by atoms with E-state index < -0.39 is 0 Å². The summed E-state index contributed by atoms with van der Waals surface area (Å²) in [4.78, 5) is 0. The number of alkyl halides is 1. The maximum absolute atomic E-state index is 13.0. The summed E-state index contributed by atoms with van der Waals surface area (Å²) in [6.07, 6.45) is 1.82. The summed E-state index contributed by atoms with van der Waals surface area (Å²) in [5.41, 5.74) is 0.701. The predicted molar refractivity (Wildman–Crippen MR) is 36.2 cm³/mol. The minimum Gasteiger partial charge on any atom is -0.200 e. The molecule has 0 heterocycles. The molecule has 1 rings (SSSR count). The third-order valence-electron chi connectivity index (χ3n) is 1.35. The molecule has 0 N–H and O–H groups in total. The van der Waals surface area contributed by atoms with Crippen molar-refractivity contribution in [3.8, 4) is 0 Å². The van der Waals surface area contributed by atoms with Crippen LogP contribution in [-0.4, -0.2) is 6.38 Å². The second-order valence-electron chi connectivity index (χ2n) is 2.06. The molecule has 1 aromatic rings. The summed E-state index contributed by atoms with van der Waals surface area (Å²) < 4.78 is 13.0. The molecule has 0 bridgehead atoms. The van der Waals surface area contributed by atoms with Crippen molar-refractivity contribution in [2.45, 2.75) is 6.92 Å². The van der Waals surface area contributed by atoms with Gasteiger partial charge in [0, 0.05) is 6.07 Å². The van der Waals surface area contributed by atoms with Crippen LogP contribution < -0.4 is 0 Å². The molecule has 0 spiro atoms. The van der Waals surface area contributed by atoms with Gasteiger partial charge in [-0.05, 0) is 12.5 Å². The normalized spacial score (nSPS) is 9.90. The molecule has 0 nitrogen and oxygen atoms in total. The highest BCUT2D eigenvalue weighted by Crippen LogP contribution is 2.13. The van der Waals surface area contributed by atoms with Gasteiger partial charge in [0.25, 0.3) is 5.02 Å². The minimum absolute atomic E-state index is 0.113. The van der Waals surface area contributed by atoms with Crippen molar-refractivity contribution < 1.29 is 15.2 Å². The van der Waals surface area contributed by atoms with E-state index in [1.165, 1.54) is 0 Å². The largest absolute Gasteiger partial charge is 0.263 e. The monoisotopic (exact) mass is 159 g/mol. The Morgan fingerprint density at radius 1 is 1.40 bits per heavy atom. The van der Waals surface area contributed by atoms with Crippen LogP contribution in [-0.2, 0) is 0 Å². The summed E-state index contributed by atoms with van der Waals surface area (Å²) in [5.74, 6) is -0.113. The molecule has 0 saturated heterocycles. The minimum atomic E-state index is -0.113. The molecule has 0 aromatic heterocycles. The van der Waals surface area contributed by atoms with Crippen LogP contribution in [0.3, 0.4) is 0 Å². The summed E-state index contributed by atoms with van der Waals surface area (Å²) in [6, 6.07) is 5.38. The molecular weight excluding hydrogens is 151 g/mol. The van der Waals surface area contributed by atoms with Gasteiger partial charge in [0.05, 0.1) is 0 Å². The first-order chi connectivity index (χ1) is 4.75. The highest BCUT2D eigenvalue weighted by Gasteiger charge is 2.11. The second kappa shape index (κ2) is 3.02. The lowest BCUT2D eigenvalue weighted by Crippen LogP contribution is -1.87. The van der Waals surface area contributed by atoms with Gasteiger partial charge in [-0.15, -0.1) is 0 Å². The first-order valence-electron chi connectivity index (χ1n) is 3.00. The van der Waals surface area contributed by atoms with Crippen molar-refractivity contribution >= 4 is 0 Å². The number of halogens is 2. The molecule has 2 heteroatoms. The Bertz CT molecular complexity index is 233. The molecule has 1 aromatic carbocycles. The standard InChI is InChI=1S/C8H9ClF/c1-6-4-3-5-7(9-2)8(6)10/h3-5H,1-2H3/q+1. The molecule has 0 atom stereocenters. The van der Waals surface area contributed by atoms with Crippen LogP contribution in [0, 0.1) is 23.5 Å². The van der Waals surface area contributed by atoms with E-state index in [1.807, 2.05) is 23.2 Å². The molecular formula is C8H9ClF+. The van der Waals surface area contributed by atoms with Crippen molar-refractivity contribution in [1.82, 2.24) is 0 Å². The second-order valence-corrected chi connectivity index (χ2v) is 2.84. The van der Waals surface area contributed by atoms with Gasteiger partial charge in [0.1, 0.15) is 0 Å². The lowest BCUT2D eigenvalue weighted by Gasteiger charge is -1.91. The van der Waals surface area contributed by atoms with E-state index in [4.69, 9.17) is 0 Å². The molecule has 10 heavy (non-hydrogen) atoms. The summed E-state index contributed by atoms with van der Waals surface area (Å²) in [6.45, 7) is 1.76. The lowest BCUT2D eigenvalue weighted by molar-refractivity contribution is -0.569. The van der Waals surface area contributed by atoms with E-state index in [0.29, 0.717) is 10.6 Å². The summed E-state index contributed by atoms with van der Waals surface area (Å²) in [7, 11) is 1.88. The molecule has 0 amide bonds. The lowest BCUT2D eigenvalue weighted by atomic mass is 10.2. The SMILES string of the molecule is C[Cl+]c1cccc(C)c1F. The number of benzene rings is 1. The third kappa shape index (κ3) is 1.29. The summed E-state index contributed by atoms with van der Waals surface area (Å²) in [5, 5.41) is 0.667. The molecule has 0 saturated carbocycles. The molecule has 0 aliphatic carbocycles. The van der Waals surface area contributed by atoms with E-state index in [0.717, 1.165) is 0 Å². The van der Waals surface area contributed by atoms with Gasteiger partial charge in [-0.1, -0.05) is 12.1 Å². The van der Waals surface area contributed by atoms with Crippen molar-refractivity contribution in [1.29, 1.82) is 0 Å². The fourth-order valence-corrected chi connectivity index (χ4v) is 1.27. The Kier molecular flexibility index (Phi) is 2.28. The number of hydrogen-bond acceptors (Lipinski definition) is 0. The van der Waals surface area contributed by atoms with Crippen molar-refractivity contribution in [2.75, 3.05) is 6.38 Å². The van der Waals surface area contributed by atoms with Gasteiger partial charge < -0.3 is 0 Å². The zero-order valence-electron chi connectivity index (χ0n) is 5.99. The Morgan fingerprint density at radius 2 is 2.10 bits per heavy atom. The average Bonchev–Trinajstić information content (AvgIpc) is 1.95. The van der Waals surface area contributed by atoms with E-state index in [2.05, 4.69) is 0 Å². The molecule has 0 fully saturated rings. The molecule has 0 radical (unpaired) electrons. The van der Waals surface area contributed by atoms with Crippen LogP contribution in [0.4, 0.5) is 4.39 Å². The van der Waals surface area contributed by atoms with Crippen LogP contribution in [0.5, 0.6) is 0 Å². The smallest absolute Gasteiger partial charge is 0.200 e. The highest BCUT2D eigenvalue weighted by molar-refractivity contribution is 5.21. The van der Waals surface area contributed by atoms with Crippen LogP contribution in [0.15, 0.2) is 18.2 Å². The zero-order chi connectivity index (χ0) is 7.56. The Hall–Kier alpha value is -0.560. The fourth-order valence-electron chi connectivity index (χ4n) is 0.758. The molecule has 0 aliphatic heterocycles. The van der Waals surface area contributed by atoms with E-state index >= 15 is 0 Å². The first-order valence-corrected chi connectivity index (χ1v) is 4.13. The van der Waals surface area contributed by atoms with Gasteiger partial charge in [-0.2, -0.15) is 0 Å². The van der Waals surface area contributed by atoms with Gasteiger partial charge >= 0.3 is 0 Å². The zero-order valence-corrected chi connectivity index (χ0v) is 6.74. The molecule has 54 valence electrons. The fraction of sp³-hybridized carbons (Fsp3) is 0.250. The van der Waals surface area contributed by atoms with Gasteiger partial charge in [0.15, 0.2) is 23.0 Å². The van der Waals surface area contributed by atoms with Crippen molar-refractivity contribution in [3.63, 3.8) is 0 Å². The van der Waals surface area contributed by atoms with Gasteiger partial charge in [0.2, 0.25) is 0 Å². The van der Waals surface area contributed by atoms with Crippen LogP contribution in [0.25, 0.3) is 0 Å². The van der Waals surface area contributed by atoms with Crippen LogP contribution >= 0.6 is 0 Å². The summed E-state index contributed by atoms with van der Waals surface area (Å²) >= 11 is 0. The Balaban J connectivity index is 3.14. The molecule has 0 aliphatic rings. The van der Waals surface area contributed by atoms with Crippen molar-refractivity contribution in [2.24, 2.45) is 0 Å². The highest BCUT2D eigenvalue weighted by atomic mass is 35.5. The maximum Gasteiger partial charge on any atom is 0.263 e. The van der Waals surface area contributed by atoms with E-state index in [1.54, 1.807) is 19.1 Å². The Labute approximate surface area is 63.8 Å². The van der Waals surface area contributed by atoms with Crippen LogP contribution in [0.2, 0.25) is 5.02 Å². The van der Waals surface area contributed by atoms with E-state index in [9.17, 15) is 4.39 Å². The Morgan fingerprint density at radius 3 is 2.60 bits per heavy atom. The first kappa shape index (κ1) is 7.55. The average molecular weight is 160 g/mol. The van der Waals surface area contributed by atoms with Crippen LogP contribution in [0.1, 0.15) is 5.56 Å². The topological polar surface area (TPSA) is 0 Å². The molecule has 0 unspecified atom stereocenters. The predicted octanol–water partition coefficient (Wildman–Crippen LogP) is 2.26. The maximum atomic E-state index is 13.0. The number of aryl methyl sites for hydroxylation is 1. The van der Waals surface area contributed by atoms with E-state index in [-0.39, 0.29) is 5.82 Å². The van der Waals surface area contributed by atoms with Crippen molar-refractivity contribution in [3.05, 3.63) is 34.6 Å². The quantitative estimate of drug-likeness (QED) is 0.552. The van der Waals surface area contributed by atoms with Gasteiger partial charge in [-0.25, -0.2) is 4.39 Å². The third-order valence-corrected chi connectivity index (χ3v) is 2.05.